The number of fused-ring (bicyclic) bond motifs is 2. The summed E-state index contributed by atoms with van der Waals surface area (Å²) < 4.78 is 17.9. The number of anilines is 1. The maximum absolute atomic E-state index is 12.7. The molecule has 0 aliphatic carbocycles. The predicted octanol–water partition coefficient (Wildman–Crippen LogP) is 4.20. The van der Waals surface area contributed by atoms with E-state index in [0.29, 0.717) is 35.1 Å². The minimum atomic E-state index is -0.375. The Morgan fingerprint density at radius 3 is 2.93 bits per heavy atom. The first-order valence-corrected chi connectivity index (χ1v) is 10.4. The quantitative estimate of drug-likeness (QED) is 0.581. The van der Waals surface area contributed by atoms with Crippen LogP contribution in [-0.4, -0.2) is 31.6 Å². The summed E-state index contributed by atoms with van der Waals surface area (Å²) in [5, 5.41) is 3.80. The summed E-state index contributed by atoms with van der Waals surface area (Å²) in [7, 11) is 0. The molecule has 1 unspecified atom stereocenters. The molecule has 156 valence electrons. The lowest BCUT2D eigenvalue weighted by molar-refractivity contribution is -0.125. The summed E-state index contributed by atoms with van der Waals surface area (Å²) in [6.07, 6.45) is 0. The number of amides is 2. The molecule has 0 bridgehead atoms. The molecule has 2 amide bonds. The van der Waals surface area contributed by atoms with E-state index in [4.69, 9.17) is 13.9 Å². The Bertz CT molecular complexity index is 1110. The van der Waals surface area contributed by atoms with Gasteiger partial charge in [-0.3, -0.25) is 14.5 Å². The van der Waals surface area contributed by atoms with Crippen molar-refractivity contribution < 1.29 is 23.5 Å². The van der Waals surface area contributed by atoms with Crippen LogP contribution >= 0.6 is 15.9 Å². The highest BCUT2D eigenvalue weighted by Gasteiger charge is 2.28. The Hall–Kier alpha value is -3.00. The topological polar surface area (TPSA) is 81.0 Å². The average Bonchev–Trinajstić information content (AvgIpc) is 3.16. The molecular formula is C22H21BrN2O5. The molecule has 4 rings (SSSR count). The summed E-state index contributed by atoms with van der Waals surface area (Å²) in [6, 6.07) is 12.5. The molecule has 2 heterocycles. The van der Waals surface area contributed by atoms with Crippen LogP contribution in [0.5, 0.6) is 11.5 Å². The van der Waals surface area contributed by atoms with Crippen LogP contribution in [0.25, 0.3) is 11.0 Å². The van der Waals surface area contributed by atoms with Gasteiger partial charge in [-0.2, -0.15) is 0 Å². The number of halogens is 1. The number of hydrogen-bond acceptors (Lipinski definition) is 5. The van der Waals surface area contributed by atoms with Crippen LogP contribution in [0, 0.1) is 0 Å². The molecule has 0 saturated heterocycles. The summed E-state index contributed by atoms with van der Waals surface area (Å²) in [6.45, 7) is 4.08. The number of carbonyl (C=O) groups excluding carboxylic acids is 2. The predicted molar refractivity (Wildman–Crippen MR) is 116 cm³/mol. The van der Waals surface area contributed by atoms with E-state index in [2.05, 4.69) is 21.2 Å². The van der Waals surface area contributed by atoms with E-state index in [1.54, 1.807) is 18.2 Å². The van der Waals surface area contributed by atoms with Crippen molar-refractivity contribution in [3.63, 3.8) is 0 Å². The highest BCUT2D eigenvalue weighted by molar-refractivity contribution is 9.10. The van der Waals surface area contributed by atoms with E-state index < -0.39 is 0 Å². The SMILES string of the molecule is CCOc1cccc2cc(C(C)NC(=O)CN3C(=O)COc4cc(Br)ccc43)oc12. The number of ether oxygens (including phenoxy) is 2. The molecule has 3 aromatic rings. The van der Waals surface area contributed by atoms with Crippen LogP contribution < -0.4 is 19.7 Å². The van der Waals surface area contributed by atoms with Gasteiger partial charge in [0.1, 0.15) is 18.1 Å². The third kappa shape index (κ3) is 4.00. The number of furan rings is 1. The number of para-hydroxylation sites is 1. The second kappa shape index (κ2) is 8.39. The molecule has 1 atom stereocenters. The Labute approximate surface area is 182 Å². The molecule has 0 fully saturated rings. The Balaban J connectivity index is 1.49. The number of hydrogen-bond donors (Lipinski definition) is 1. The summed E-state index contributed by atoms with van der Waals surface area (Å²) in [5.41, 5.74) is 1.22. The molecular weight excluding hydrogens is 452 g/mol. The first-order chi connectivity index (χ1) is 14.5. The molecule has 1 N–H and O–H groups in total. The highest BCUT2D eigenvalue weighted by Crippen LogP contribution is 2.34. The molecule has 1 aliphatic heterocycles. The number of nitrogens with one attached hydrogen (secondary N) is 1. The summed E-state index contributed by atoms with van der Waals surface area (Å²) in [4.78, 5) is 26.4. The third-order valence-electron chi connectivity index (χ3n) is 4.80. The minimum absolute atomic E-state index is 0.101. The monoisotopic (exact) mass is 472 g/mol. The second-order valence-corrected chi connectivity index (χ2v) is 7.84. The van der Waals surface area contributed by atoms with E-state index >= 15 is 0 Å². The van der Waals surface area contributed by atoms with Crippen molar-refractivity contribution >= 4 is 44.4 Å². The fraction of sp³-hybridized carbons (Fsp3) is 0.273. The lowest BCUT2D eigenvalue weighted by Gasteiger charge is -2.29. The number of carbonyl (C=O) groups is 2. The maximum Gasteiger partial charge on any atom is 0.265 e. The van der Waals surface area contributed by atoms with Crippen molar-refractivity contribution in [3.8, 4) is 11.5 Å². The average molecular weight is 473 g/mol. The lowest BCUT2D eigenvalue weighted by atomic mass is 10.2. The number of benzene rings is 2. The van der Waals surface area contributed by atoms with Crippen LogP contribution in [0.15, 0.2) is 51.4 Å². The molecule has 2 aromatic carbocycles. The smallest absolute Gasteiger partial charge is 0.265 e. The van der Waals surface area contributed by atoms with Gasteiger partial charge in [-0.05, 0) is 44.2 Å². The van der Waals surface area contributed by atoms with Crippen molar-refractivity contribution in [1.82, 2.24) is 5.32 Å². The second-order valence-electron chi connectivity index (χ2n) is 6.93. The fourth-order valence-corrected chi connectivity index (χ4v) is 3.73. The Kier molecular flexibility index (Phi) is 5.67. The van der Waals surface area contributed by atoms with E-state index in [1.165, 1.54) is 4.90 Å². The van der Waals surface area contributed by atoms with Crippen LogP contribution in [0.3, 0.4) is 0 Å². The van der Waals surface area contributed by atoms with E-state index in [1.807, 2.05) is 38.1 Å². The zero-order chi connectivity index (χ0) is 21.3. The highest BCUT2D eigenvalue weighted by atomic mass is 79.9. The number of rotatable bonds is 6. The first-order valence-electron chi connectivity index (χ1n) is 9.63. The van der Waals surface area contributed by atoms with Gasteiger partial charge in [-0.15, -0.1) is 0 Å². The van der Waals surface area contributed by atoms with Crippen molar-refractivity contribution in [1.29, 1.82) is 0 Å². The van der Waals surface area contributed by atoms with Crippen molar-refractivity contribution in [2.75, 3.05) is 24.7 Å². The van der Waals surface area contributed by atoms with Crippen molar-refractivity contribution in [3.05, 3.63) is 52.7 Å². The summed E-state index contributed by atoms with van der Waals surface area (Å²) >= 11 is 3.38. The first kappa shape index (κ1) is 20.3. The summed E-state index contributed by atoms with van der Waals surface area (Å²) in [5.74, 6) is 1.28. The molecule has 0 radical (unpaired) electrons. The molecule has 0 spiro atoms. The van der Waals surface area contributed by atoms with E-state index in [0.717, 1.165) is 9.86 Å². The van der Waals surface area contributed by atoms with E-state index in [9.17, 15) is 9.59 Å². The van der Waals surface area contributed by atoms with Gasteiger partial charge in [-0.25, -0.2) is 0 Å². The van der Waals surface area contributed by atoms with E-state index in [-0.39, 0.29) is 31.0 Å². The van der Waals surface area contributed by atoms with Gasteiger partial charge in [0.25, 0.3) is 5.91 Å². The molecule has 0 saturated carbocycles. The van der Waals surface area contributed by atoms with Gasteiger partial charge >= 0.3 is 0 Å². The van der Waals surface area contributed by atoms with Crippen LogP contribution in [0.4, 0.5) is 5.69 Å². The Morgan fingerprint density at radius 1 is 1.30 bits per heavy atom. The standard InChI is InChI=1S/C22H21BrN2O5/c1-3-28-17-6-4-5-14-9-18(30-22(14)17)13(2)24-20(26)11-25-16-8-7-15(23)10-19(16)29-12-21(25)27/h4-10,13H,3,11-12H2,1-2H3,(H,24,26). The minimum Gasteiger partial charge on any atom is -0.490 e. The van der Waals surface area contributed by atoms with Gasteiger partial charge in [0, 0.05) is 9.86 Å². The molecule has 1 aliphatic rings. The van der Waals surface area contributed by atoms with Gasteiger partial charge in [0.2, 0.25) is 5.91 Å². The Morgan fingerprint density at radius 2 is 2.13 bits per heavy atom. The molecule has 8 heteroatoms. The third-order valence-corrected chi connectivity index (χ3v) is 5.29. The van der Waals surface area contributed by atoms with Crippen molar-refractivity contribution in [2.24, 2.45) is 0 Å². The largest absolute Gasteiger partial charge is 0.490 e. The maximum atomic E-state index is 12.7. The normalized spacial score (nSPS) is 14.2. The van der Waals surface area contributed by atoms with Crippen LogP contribution in [-0.2, 0) is 9.59 Å². The fourth-order valence-electron chi connectivity index (χ4n) is 3.39. The molecule has 7 nitrogen and oxygen atoms in total. The van der Waals surface area contributed by atoms with Gasteiger partial charge in [0.05, 0.1) is 18.3 Å². The van der Waals surface area contributed by atoms with Crippen LogP contribution in [0.1, 0.15) is 25.6 Å². The zero-order valence-corrected chi connectivity index (χ0v) is 18.2. The van der Waals surface area contributed by atoms with Crippen LogP contribution in [0.2, 0.25) is 0 Å². The number of nitrogens with zero attached hydrogens (tertiary/aromatic N) is 1. The van der Waals surface area contributed by atoms with Gasteiger partial charge in [0.15, 0.2) is 17.9 Å². The molecule has 1 aromatic heterocycles. The zero-order valence-electron chi connectivity index (χ0n) is 16.6. The van der Waals surface area contributed by atoms with Gasteiger partial charge < -0.3 is 19.2 Å². The lowest BCUT2D eigenvalue weighted by Crippen LogP contribution is -2.45. The van der Waals surface area contributed by atoms with Crippen molar-refractivity contribution in [2.45, 2.75) is 19.9 Å². The molecule has 30 heavy (non-hydrogen) atoms. The van der Waals surface area contributed by atoms with Gasteiger partial charge in [-0.1, -0.05) is 28.1 Å².